The van der Waals surface area contributed by atoms with Gasteiger partial charge >= 0.3 is 12.0 Å². The zero-order valence-electron chi connectivity index (χ0n) is 11.5. The Labute approximate surface area is 113 Å². The van der Waals surface area contributed by atoms with E-state index in [2.05, 4.69) is 10.6 Å². The fourth-order valence-corrected chi connectivity index (χ4v) is 2.11. The van der Waals surface area contributed by atoms with E-state index in [1.165, 1.54) is 0 Å². The number of nitrogens with one attached hydrogen (secondary N) is 2. The predicted octanol–water partition coefficient (Wildman–Crippen LogP) is 0.220. The molecule has 0 saturated heterocycles. The molecule has 0 unspecified atom stereocenters. The Bertz CT molecular complexity index is 405. The maximum atomic E-state index is 11.4. The Balaban J connectivity index is 4.04. The quantitative estimate of drug-likeness (QED) is 0.554. The third kappa shape index (κ3) is 10.3. The van der Waals surface area contributed by atoms with Gasteiger partial charge in [0.15, 0.2) is 0 Å². The van der Waals surface area contributed by atoms with Crippen molar-refractivity contribution in [3.63, 3.8) is 0 Å². The van der Waals surface area contributed by atoms with Gasteiger partial charge in [-0.2, -0.15) is 0 Å². The van der Waals surface area contributed by atoms with Crippen molar-refractivity contribution in [3.05, 3.63) is 0 Å². The molecule has 0 bridgehead atoms. The van der Waals surface area contributed by atoms with E-state index in [9.17, 15) is 18.0 Å². The molecule has 0 aromatic carbocycles. The number of carbonyl (C=O) groups excluding carboxylic acids is 1. The van der Waals surface area contributed by atoms with E-state index < -0.39 is 27.9 Å². The van der Waals surface area contributed by atoms with Gasteiger partial charge in [0.2, 0.25) is 0 Å². The van der Waals surface area contributed by atoms with Gasteiger partial charge in [0.25, 0.3) is 0 Å². The van der Waals surface area contributed by atoms with Crippen molar-refractivity contribution in [2.45, 2.75) is 32.7 Å². The van der Waals surface area contributed by atoms with Crippen LogP contribution in [-0.4, -0.2) is 50.1 Å². The van der Waals surface area contributed by atoms with E-state index in [-0.39, 0.29) is 18.2 Å². The first-order valence-electron chi connectivity index (χ1n) is 6.06. The molecule has 19 heavy (non-hydrogen) atoms. The second-order valence-electron chi connectivity index (χ2n) is 4.90. The van der Waals surface area contributed by atoms with Crippen LogP contribution in [0.4, 0.5) is 4.79 Å². The van der Waals surface area contributed by atoms with Crippen LogP contribution >= 0.6 is 0 Å². The summed E-state index contributed by atoms with van der Waals surface area (Å²) in [7, 11) is -3.04. The standard InChI is InChI=1S/C11H22N2O5S/c1-8(2)7-9(10(14)15)13-11(16)12-5-4-6-19(3,17)18/h8-9H,4-7H2,1-3H3,(H,14,15)(H2,12,13,16)/t9-/m1/s1. The van der Waals surface area contributed by atoms with E-state index >= 15 is 0 Å². The molecule has 0 aromatic heterocycles. The average Bonchev–Trinajstić information content (AvgIpc) is 2.21. The SMILES string of the molecule is CC(C)C[C@@H](NC(=O)NCCCS(C)(=O)=O)C(=O)O. The first-order valence-corrected chi connectivity index (χ1v) is 8.12. The third-order valence-corrected chi connectivity index (χ3v) is 3.32. The average molecular weight is 294 g/mol. The molecule has 0 aliphatic rings. The summed E-state index contributed by atoms with van der Waals surface area (Å²) in [6.45, 7) is 3.91. The molecular formula is C11H22N2O5S. The van der Waals surface area contributed by atoms with Gasteiger partial charge in [0.05, 0.1) is 5.75 Å². The number of carbonyl (C=O) groups is 2. The van der Waals surface area contributed by atoms with E-state index in [0.29, 0.717) is 12.8 Å². The van der Waals surface area contributed by atoms with Crippen LogP contribution in [0, 0.1) is 5.92 Å². The highest BCUT2D eigenvalue weighted by atomic mass is 32.2. The summed E-state index contributed by atoms with van der Waals surface area (Å²) in [5.41, 5.74) is 0. The van der Waals surface area contributed by atoms with Crippen molar-refractivity contribution < 1.29 is 23.1 Å². The topological polar surface area (TPSA) is 113 Å². The molecule has 2 amide bonds. The maximum absolute atomic E-state index is 11.4. The summed E-state index contributed by atoms with van der Waals surface area (Å²) in [5, 5.41) is 13.7. The Hall–Kier alpha value is -1.31. The van der Waals surface area contributed by atoms with Crippen LogP contribution < -0.4 is 10.6 Å². The number of sulfone groups is 1. The Morgan fingerprint density at radius 1 is 1.26 bits per heavy atom. The molecule has 0 spiro atoms. The van der Waals surface area contributed by atoms with Crippen molar-refractivity contribution in [1.29, 1.82) is 0 Å². The molecule has 8 heteroatoms. The number of aliphatic carboxylic acids is 1. The normalized spacial score (nSPS) is 13.1. The van der Waals surface area contributed by atoms with Gasteiger partial charge in [-0.3, -0.25) is 0 Å². The van der Waals surface area contributed by atoms with Crippen LogP contribution in [0.1, 0.15) is 26.7 Å². The molecule has 7 nitrogen and oxygen atoms in total. The summed E-state index contributed by atoms with van der Waals surface area (Å²) in [4.78, 5) is 22.3. The third-order valence-electron chi connectivity index (χ3n) is 2.29. The first kappa shape index (κ1) is 17.7. The molecule has 1 atom stereocenters. The highest BCUT2D eigenvalue weighted by molar-refractivity contribution is 7.90. The summed E-state index contributed by atoms with van der Waals surface area (Å²) in [5.74, 6) is -0.951. The second-order valence-corrected chi connectivity index (χ2v) is 7.16. The number of hydrogen-bond acceptors (Lipinski definition) is 4. The lowest BCUT2D eigenvalue weighted by Gasteiger charge is -2.16. The monoisotopic (exact) mass is 294 g/mol. The minimum absolute atomic E-state index is 0.0123. The molecule has 0 heterocycles. The molecule has 0 aliphatic carbocycles. The maximum Gasteiger partial charge on any atom is 0.326 e. The van der Waals surface area contributed by atoms with Crippen LogP contribution in [0.3, 0.4) is 0 Å². The summed E-state index contributed by atoms with van der Waals surface area (Å²) in [6.07, 6.45) is 1.76. The smallest absolute Gasteiger partial charge is 0.326 e. The molecule has 0 aliphatic heterocycles. The van der Waals surface area contributed by atoms with Crippen LogP contribution in [-0.2, 0) is 14.6 Å². The lowest BCUT2D eigenvalue weighted by atomic mass is 10.0. The number of amides is 2. The minimum Gasteiger partial charge on any atom is -0.480 e. The molecular weight excluding hydrogens is 272 g/mol. The molecule has 0 rings (SSSR count). The highest BCUT2D eigenvalue weighted by Gasteiger charge is 2.20. The Morgan fingerprint density at radius 3 is 2.26 bits per heavy atom. The van der Waals surface area contributed by atoms with Crippen molar-refractivity contribution in [1.82, 2.24) is 10.6 Å². The Morgan fingerprint density at radius 2 is 1.84 bits per heavy atom. The molecule has 112 valence electrons. The van der Waals surface area contributed by atoms with Crippen LogP contribution in [0.15, 0.2) is 0 Å². The van der Waals surface area contributed by atoms with Gasteiger partial charge in [-0.15, -0.1) is 0 Å². The zero-order chi connectivity index (χ0) is 15.1. The summed E-state index contributed by atoms with van der Waals surface area (Å²) in [6, 6.07) is -1.53. The predicted molar refractivity (Wildman–Crippen MR) is 71.7 cm³/mol. The van der Waals surface area contributed by atoms with Crippen molar-refractivity contribution in [2.75, 3.05) is 18.6 Å². The number of carboxylic acids is 1. The van der Waals surface area contributed by atoms with E-state index in [0.717, 1.165) is 6.26 Å². The van der Waals surface area contributed by atoms with Crippen LogP contribution in [0.5, 0.6) is 0 Å². The van der Waals surface area contributed by atoms with Crippen LogP contribution in [0.2, 0.25) is 0 Å². The highest BCUT2D eigenvalue weighted by Crippen LogP contribution is 2.04. The van der Waals surface area contributed by atoms with Gasteiger partial charge in [-0.25, -0.2) is 18.0 Å². The fourth-order valence-electron chi connectivity index (χ4n) is 1.44. The lowest BCUT2D eigenvalue weighted by Crippen LogP contribution is -2.46. The molecule has 3 N–H and O–H groups in total. The summed E-state index contributed by atoms with van der Waals surface area (Å²) >= 11 is 0. The van der Waals surface area contributed by atoms with E-state index in [1.54, 1.807) is 0 Å². The van der Waals surface area contributed by atoms with Crippen LogP contribution in [0.25, 0.3) is 0 Å². The second kappa shape index (κ2) is 7.98. The van der Waals surface area contributed by atoms with Gasteiger partial charge < -0.3 is 15.7 Å². The van der Waals surface area contributed by atoms with Gasteiger partial charge in [-0.1, -0.05) is 13.8 Å². The summed E-state index contributed by atoms with van der Waals surface area (Å²) < 4.78 is 21.7. The lowest BCUT2D eigenvalue weighted by molar-refractivity contribution is -0.139. The number of hydrogen-bond donors (Lipinski definition) is 3. The van der Waals surface area contributed by atoms with E-state index in [1.807, 2.05) is 13.8 Å². The molecule has 0 radical (unpaired) electrons. The molecule has 0 aromatic rings. The molecule has 0 saturated carbocycles. The van der Waals surface area contributed by atoms with E-state index in [4.69, 9.17) is 5.11 Å². The van der Waals surface area contributed by atoms with Crippen molar-refractivity contribution in [3.8, 4) is 0 Å². The molecule has 0 fully saturated rings. The van der Waals surface area contributed by atoms with Gasteiger partial charge in [0, 0.05) is 12.8 Å². The number of rotatable bonds is 8. The minimum atomic E-state index is -3.04. The number of carboxylic acid groups (broad SMARTS) is 1. The Kier molecular flexibility index (Phi) is 7.43. The van der Waals surface area contributed by atoms with Gasteiger partial charge in [0.1, 0.15) is 15.9 Å². The fraction of sp³-hybridized carbons (Fsp3) is 0.818. The van der Waals surface area contributed by atoms with Crippen molar-refractivity contribution >= 4 is 21.8 Å². The zero-order valence-corrected chi connectivity index (χ0v) is 12.3. The van der Waals surface area contributed by atoms with Crippen molar-refractivity contribution in [2.24, 2.45) is 5.92 Å². The number of urea groups is 1. The largest absolute Gasteiger partial charge is 0.480 e. The van der Waals surface area contributed by atoms with Gasteiger partial charge in [-0.05, 0) is 18.8 Å². The first-order chi connectivity index (χ1) is 8.61.